The molecule has 1 heterocycles. The van der Waals surface area contributed by atoms with Gasteiger partial charge in [-0.05, 0) is 18.2 Å². The normalized spacial score (nSPS) is 11.4. The SMILES string of the molecule is Nc1c(F)cccc1S(=O)(=O)NCc1ccncn1. The fraction of sp³-hybridized carbons (Fsp3) is 0.0909. The van der Waals surface area contributed by atoms with Crippen LogP contribution in [0.25, 0.3) is 0 Å². The highest BCUT2D eigenvalue weighted by atomic mass is 32.2. The average Bonchev–Trinajstić information content (AvgIpc) is 2.41. The van der Waals surface area contributed by atoms with E-state index in [9.17, 15) is 12.8 Å². The van der Waals surface area contributed by atoms with Crippen molar-refractivity contribution in [3.63, 3.8) is 0 Å². The summed E-state index contributed by atoms with van der Waals surface area (Å²) in [5.74, 6) is -0.773. The summed E-state index contributed by atoms with van der Waals surface area (Å²) in [6, 6.07) is 5.18. The minimum Gasteiger partial charge on any atom is -0.395 e. The highest BCUT2D eigenvalue weighted by molar-refractivity contribution is 7.89. The molecule has 6 nitrogen and oxygen atoms in total. The Balaban J connectivity index is 2.22. The van der Waals surface area contributed by atoms with Crippen molar-refractivity contribution in [1.29, 1.82) is 0 Å². The van der Waals surface area contributed by atoms with Gasteiger partial charge in [0.2, 0.25) is 10.0 Å². The molecule has 0 aliphatic rings. The number of nitrogen functional groups attached to an aromatic ring is 1. The van der Waals surface area contributed by atoms with Gasteiger partial charge in [0, 0.05) is 6.20 Å². The van der Waals surface area contributed by atoms with E-state index in [-0.39, 0.29) is 11.4 Å². The van der Waals surface area contributed by atoms with E-state index in [1.54, 1.807) is 6.07 Å². The van der Waals surface area contributed by atoms with Gasteiger partial charge in [-0.25, -0.2) is 27.5 Å². The van der Waals surface area contributed by atoms with Crippen LogP contribution in [-0.4, -0.2) is 18.4 Å². The van der Waals surface area contributed by atoms with E-state index >= 15 is 0 Å². The van der Waals surface area contributed by atoms with E-state index in [0.29, 0.717) is 5.69 Å². The van der Waals surface area contributed by atoms with E-state index in [4.69, 9.17) is 5.73 Å². The third-order valence-corrected chi connectivity index (χ3v) is 3.85. The lowest BCUT2D eigenvalue weighted by atomic mass is 10.3. The van der Waals surface area contributed by atoms with Gasteiger partial charge in [-0.1, -0.05) is 6.07 Å². The maximum atomic E-state index is 13.2. The largest absolute Gasteiger partial charge is 0.395 e. The number of benzene rings is 1. The van der Waals surface area contributed by atoms with Gasteiger partial charge in [-0.3, -0.25) is 0 Å². The van der Waals surface area contributed by atoms with Crippen LogP contribution in [0.15, 0.2) is 41.7 Å². The van der Waals surface area contributed by atoms with Crippen molar-refractivity contribution in [2.24, 2.45) is 0 Å². The molecule has 1 aromatic carbocycles. The molecule has 2 aromatic rings. The van der Waals surface area contributed by atoms with Crippen molar-refractivity contribution in [2.75, 3.05) is 5.73 Å². The predicted octanol–water partition coefficient (Wildman–Crippen LogP) is 0.676. The first kappa shape index (κ1) is 13.4. The van der Waals surface area contributed by atoms with Gasteiger partial charge in [0.15, 0.2) is 0 Å². The van der Waals surface area contributed by atoms with E-state index in [1.165, 1.54) is 24.7 Å². The molecular weight excluding hydrogens is 271 g/mol. The summed E-state index contributed by atoms with van der Waals surface area (Å²) in [7, 11) is -3.89. The van der Waals surface area contributed by atoms with Gasteiger partial charge in [-0.2, -0.15) is 0 Å². The fourth-order valence-corrected chi connectivity index (χ4v) is 2.56. The molecule has 0 aliphatic heterocycles. The standard InChI is InChI=1S/C11H11FN4O2S/c12-9-2-1-3-10(11(9)13)19(17,18)16-6-8-4-5-14-7-15-8/h1-5,7,16H,6,13H2. The zero-order chi connectivity index (χ0) is 13.9. The molecule has 0 aliphatic carbocycles. The van der Waals surface area contributed by atoms with E-state index < -0.39 is 21.5 Å². The smallest absolute Gasteiger partial charge is 0.243 e. The molecule has 100 valence electrons. The monoisotopic (exact) mass is 282 g/mol. The van der Waals surface area contributed by atoms with Crippen LogP contribution in [0.4, 0.5) is 10.1 Å². The van der Waals surface area contributed by atoms with Crippen LogP contribution < -0.4 is 10.5 Å². The molecule has 0 radical (unpaired) electrons. The first-order chi connectivity index (χ1) is 9.00. The van der Waals surface area contributed by atoms with Crippen molar-refractivity contribution in [1.82, 2.24) is 14.7 Å². The van der Waals surface area contributed by atoms with E-state index in [0.717, 1.165) is 6.07 Å². The van der Waals surface area contributed by atoms with Crippen molar-refractivity contribution < 1.29 is 12.8 Å². The quantitative estimate of drug-likeness (QED) is 0.803. The number of rotatable bonds is 4. The average molecular weight is 282 g/mol. The summed E-state index contributed by atoms with van der Waals surface area (Å²) in [5, 5.41) is 0. The van der Waals surface area contributed by atoms with Crippen molar-refractivity contribution >= 4 is 15.7 Å². The van der Waals surface area contributed by atoms with Crippen LogP contribution in [0.3, 0.4) is 0 Å². The van der Waals surface area contributed by atoms with Crippen molar-refractivity contribution in [2.45, 2.75) is 11.4 Å². The molecular formula is C11H11FN4O2S. The van der Waals surface area contributed by atoms with Crippen molar-refractivity contribution in [3.8, 4) is 0 Å². The number of hydrogen-bond donors (Lipinski definition) is 2. The van der Waals surface area contributed by atoms with Gasteiger partial charge < -0.3 is 5.73 Å². The molecule has 2 rings (SSSR count). The molecule has 0 saturated heterocycles. The third-order valence-electron chi connectivity index (χ3n) is 2.39. The molecule has 0 amide bonds. The Kier molecular flexibility index (Phi) is 3.72. The predicted molar refractivity (Wildman–Crippen MR) is 66.9 cm³/mol. The number of nitrogens with two attached hydrogens (primary N) is 1. The summed E-state index contributed by atoms with van der Waals surface area (Å²) in [5.41, 5.74) is 5.51. The molecule has 0 saturated carbocycles. The topological polar surface area (TPSA) is 98.0 Å². The Labute approximate surface area is 109 Å². The maximum Gasteiger partial charge on any atom is 0.243 e. The molecule has 0 atom stereocenters. The van der Waals surface area contributed by atoms with Crippen LogP contribution >= 0.6 is 0 Å². The van der Waals surface area contributed by atoms with Gasteiger partial charge >= 0.3 is 0 Å². The molecule has 0 bridgehead atoms. The second kappa shape index (κ2) is 5.29. The maximum absolute atomic E-state index is 13.2. The lowest BCUT2D eigenvalue weighted by Crippen LogP contribution is -2.24. The van der Waals surface area contributed by atoms with Gasteiger partial charge in [0.25, 0.3) is 0 Å². The number of para-hydroxylation sites is 1. The Morgan fingerprint density at radius 1 is 1.32 bits per heavy atom. The summed E-state index contributed by atoms with van der Waals surface area (Å²) < 4.78 is 39.5. The Hall–Kier alpha value is -2.06. The van der Waals surface area contributed by atoms with Crippen LogP contribution in [0.2, 0.25) is 0 Å². The first-order valence-corrected chi connectivity index (χ1v) is 6.77. The van der Waals surface area contributed by atoms with Gasteiger partial charge in [-0.15, -0.1) is 0 Å². The second-order valence-corrected chi connectivity index (χ2v) is 5.41. The molecule has 0 fully saturated rings. The van der Waals surface area contributed by atoms with Gasteiger partial charge in [0.1, 0.15) is 17.0 Å². The number of hydrogen-bond acceptors (Lipinski definition) is 5. The highest BCUT2D eigenvalue weighted by Gasteiger charge is 2.19. The highest BCUT2D eigenvalue weighted by Crippen LogP contribution is 2.20. The molecule has 0 unspecified atom stereocenters. The zero-order valence-electron chi connectivity index (χ0n) is 9.75. The molecule has 8 heteroatoms. The van der Waals surface area contributed by atoms with Crippen molar-refractivity contribution in [3.05, 3.63) is 48.3 Å². The lowest BCUT2D eigenvalue weighted by molar-refractivity contribution is 0.578. The molecule has 3 N–H and O–H groups in total. The summed E-state index contributed by atoms with van der Waals surface area (Å²) in [4.78, 5) is 7.30. The first-order valence-electron chi connectivity index (χ1n) is 5.29. The summed E-state index contributed by atoms with van der Waals surface area (Å²) in [6.45, 7) is -0.0270. The second-order valence-electron chi connectivity index (χ2n) is 3.68. The zero-order valence-corrected chi connectivity index (χ0v) is 10.6. The summed E-state index contributed by atoms with van der Waals surface area (Å²) in [6.07, 6.45) is 2.80. The van der Waals surface area contributed by atoms with Crippen LogP contribution in [0.1, 0.15) is 5.69 Å². The number of aromatic nitrogens is 2. The number of anilines is 1. The molecule has 19 heavy (non-hydrogen) atoms. The lowest BCUT2D eigenvalue weighted by Gasteiger charge is -2.09. The Morgan fingerprint density at radius 3 is 2.79 bits per heavy atom. The third kappa shape index (κ3) is 3.04. The van der Waals surface area contributed by atoms with Crippen LogP contribution in [-0.2, 0) is 16.6 Å². The van der Waals surface area contributed by atoms with E-state index in [2.05, 4.69) is 14.7 Å². The Morgan fingerprint density at radius 2 is 2.11 bits per heavy atom. The van der Waals surface area contributed by atoms with Gasteiger partial charge in [0.05, 0.1) is 17.9 Å². The summed E-state index contributed by atoms with van der Waals surface area (Å²) >= 11 is 0. The Bertz CT molecular complexity index is 676. The molecule has 1 aromatic heterocycles. The molecule has 0 spiro atoms. The minimum atomic E-state index is -3.89. The van der Waals surface area contributed by atoms with Crippen LogP contribution in [0, 0.1) is 5.82 Å². The number of nitrogens with zero attached hydrogens (tertiary/aromatic N) is 2. The van der Waals surface area contributed by atoms with Crippen LogP contribution in [0.5, 0.6) is 0 Å². The number of halogens is 1. The number of sulfonamides is 1. The minimum absolute atomic E-state index is 0.0270. The van der Waals surface area contributed by atoms with E-state index in [1.807, 2.05) is 0 Å². The fourth-order valence-electron chi connectivity index (χ4n) is 1.42. The number of nitrogens with one attached hydrogen (secondary N) is 1.